The molecule has 1 unspecified atom stereocenters. The van der Waals surface area contributed by atoms with E-state index in [0.29, 0.717) is 12.6 Å². The topological polar surface area (TPSA) is 21.3 Å². The van der Waals surface area contributed by atoms with Crippen LogP contribution >= 0.6 is 0 Å². The van der Waals surface area contributed by atoms with Crippen molar-refractivity contribution >= 4 is 5.57 Å². The van der Waals surface area contributed by atoms with Crippen molar-refractivity contribution < 1.29 is 4.74 Å². The van der Waals surface area contributed by atoms with Gasteiger partial charge >= 0.3 is 0 Å². The maximum absolute atomic E-state index is 5.64. The third-order valence-corrected chi connectivity index (χ3v) is 3.70. The van der Waals surface area contributed by atoms with Crippen LogP contribution in [0.15, 0.2) is 60.7 Å². The molecule has 1 heterocycles. The summed E-state index contributed by atoms with van der Waals surface area (Å²) in [7, 11) is 0. The van der Waals surface area contributed by atoms with Crippen molar-refractivity contribution in [3.05, 3.63) is 71.8 Å². The number of benzene rings is 2. The van der Waals surface area contributed by atoms with Crippen LogP contribution < -0.4 is 10.1 Å². The van der Waals surface area contributed by atoms with E-state index in [-0.39, 0.29) is 0 Å². The smallest absolute Gasteiger partial charge is 0.127 e. The molecule has 0 saturated heterocycles. The third kappa shape index (κ3) is 2.75. The van der Waals surface area contributed by atoms with Crippen LogP contribution in [0.4, 0.5) is 0 Å². The highest BCUT2D eigenvalue weighted by Crippen LogP contribution is 2.29. The van der Waals surface area contributed by atoms with Gasteiger partial charge in [0.2, 0.25) is 0 Å². The van der Waals surface area contributed by atoms with Gasteiger partial charge in [0.15, 0.2) is 0 Å². The van der Waals surface area contributed by atoms with Gasteiger partial charge in [0.1, 0.15) is 12.4 Å². The van der Waals surface area contributed by atoms with Crippen LogP contribution in [0.3, 0.4) is 0 Å². The van der Waals surface area contributed by atoms with E-state index >= 15 is 0 Å². The SMILES string of the molecule is CC(NCC1=CCOc2ccccc21)c1ccccc1. The molecule has 0 amide bonds. The van der Waals surface area contributed by atoms with E-state index in [0.717, 1.165) is 12.3 Å². The number of hydrogen-bond donors (Lipinski definition) is 1. The van der Waals surface area contributed by atoms with E-state index in [1.165, 1.54) is 16.7 Å². The zero-order valence-electron chi connectivity index (χ0n) is 11.7. The number of hydrogen-bond acceptors (Lipinski definition) is 2. The highest BCUT2D eigenvalue weighted by Gasteiger charge is 2.13. The molecule has 0 fully saturated rings. The fourth-order valence-corrected chi connectivity index (χ4v) is 2.49. The quantitative estimate of drug-likeness (QED) is 0.907. The Bertz CT molecular complexity index is 604. The first-order chi connectivity index (χ1) is 9.84. The molecule has 102 valence electrons. The van der Waals surface area contributed by atoms with Gasteiger partial charge in [-0.3, -0.25) is 0 Å². The number of para-hydroxylation sites is 1. The Balaban J connectivity index is 1.69. The fourth-order valence-electron chi connectivity index (χ4n) is 2.49. The number of rotatable bonds is 4. The van der Waals surface area contributed by atoms with Crippen molar-refractivity contribution in [2.45, 2.75) is 13.0 Å². The Labute approximate surface area is 120 Å². The van der Waals surface area contributed by atoms with E-state index in [4.69, 9.17) is 4.74 Å². The second-order valence-corrected chi connectivity index (χ2v) is 5.05. The summed E-state index contributed by atoms with van der Waals surface area (Å²) >= 11 is 0. The molecule has 2 aromatic carbocycles. The second-order valence-electron chi connectivity index (χ2n) is 5.05. The van der Waals surface area contributed by atoms with Gasteiger partial charge in [-0.05, 0) is 30.2 Å². The zero-order valence-corrected chi connectivity index (χ0v) is 11.7. The molecule has 0 saturated carbocycles. The molecule has 0 bridgehead atoms. The van der Waals surface area contributed by atoms with Crippen molar-refractivity contribution in [3.63, 3.8) is 0 Å². The number of fused-ring (bicyclic) bond motifs is 1. The molecule has 0 aromatic heterocycles. The monoisotopic (exact) mass is 265 g/mol. The van der Waals surface area contributed by atoms with Crippen molar-refractivity contribution in [2.75, 3.05) is 13.2 Å². The summed E-state index contributed by atoms with van der Waals surface area (Å²) < 4.78 is 5.64. The maximum Gasteiger partial charge on any atom is 0.127 e. The molecule has 1 atom stereocenters. The molecule has 1 aliphatic rings. The van der Waals surface area contributed by atoms with Crippen molar-refractivity contribution in [3.8, 4) is 5.75 Å². The lowest BCUT2D eigenvalue weighted by atomic mass is 10.0. The molecule has 20 heavy (non-hydrogen) atoms. The lowest BCUT2D eigenvalue weighted by molar-refractivity contribution is 0.356. The Morgan fingerprint density at radius 2 is 1.80 bits per heavy atom. The predicted octanol–water partition coefficient (Wildman–Crippen LogP) is 3.81. The van der Waals surface area contributed by atoms with Crippen molar-refractivity contribution in [1.29, 1.82) is 0 Å². The summed E-state index contributed by atoms with van der Waals surface area (Å²) in [6.07, 6.45) is 2.16. The molecular weight excluding hydrogens is 246 g/mol. The summed E-state index contributed by atoms with van der Waals surface area (Å²) in [6.45, 7) is 3.71. The van der Waals surface area contributed by atoms with Crippen molar-refractivity contribution in [1.82, 2.24) is 5.32 Å². The normalized spacial score (nSPS) is 14.9. The average molecular weight is 265 g/mol. The van der Waals surface area contributed by atoms with E-state index in [1.54, 1.807) is 0 Å². The number of ether oxygens (including phenoxy) is 1. The minimum absolute atomic E-state index is 0.340. The summed E-state index contributed by atoms with van der Waals surface area (Å²) in [5.74, 6) is 0.985. The zero-order chi connectivity index (χ0) is 13.8. The van der Waals surface area contributed by atoms with Gasteiger partial charge in [0, 0.05) is 18.2 Å². The van der Waals surface area contributed by atoms with Gasteiger partial charge in [-0.1, -0.05) is 48.5 Å². The predicted molar refractivity (Wildman–Crippen MR) is 82.8 cm³/mol. The van der Waals surface area contributed by atoms with Crippen LogP contribution in [0.5, 0.6) is 5.75 Å². The Morgan fingerprint density at radius 3 is 2.65 bits per heavy atom. The molecule has 1 N–H and O–H groups in total. The Kier molecular flexibility index (Phi) is 3.84. The highest BCUT2D eigenvalue weighted by molar-refractivity contribution is 5.73. The second kappa shape index (κ2) is 5.93. The Morgan fingerprint density at radius 1 is 1.05 bits per heavy atom. The standard InChI is InChI=1S/C18H19NO/c1-14(15-7-3-2-4-8-15)19-13-16-11-12-20-18-10-6-5-9-17(16)18/h2-11,14,19H,12-13H2,1H3. The van der Waals surface area contributed by atoms with Crippen LogP contribution in [0.1, 0.15) is 24.1 Å². The molecule has 0 spiro atoms. The van der Waals surface area contributed by atoms with E-state index < -0.39 is 0 Å². The summed E-state index contributed by atoms with van der Waals surface area (Å²) in [6, 6.07) is 19.1. The van der Waals surface area contributed by atoms with Crippen LogP contribution in [0, 0.1) is 0 Å². The molecule has 2 aromatic rings. The van der Waals surface area contributed by atoms with Gasteiger partial charge in [-0.15, -0.1) is 0 Å². The molecule has 3 rings (SSSR count). The molecule has 1 aliphatic heterocycles. The summed E-state index contributed by atoms with van der Waals surface area (Å²) in [5.41, 5.74) is 3.83. The van der Waals surface area contributed by atoms with Crippen LogP contribution in [0.25, 0.3) is 5.57 Å². The maximum atomic E-state index is 5.64. The summed E-state index contributed by atoms with van der Waals surface area (Å²) in [5, 5.41) is 3.59. The molecule has 2 heteroatoms. The average Bonchev–Trinajstić information content (AvgIpc) is 2.53. The minimum Gasteiger partial charge on any atom is -0.489 e. The van der Waals surface area contributed by atoms with Crippen LogP contribution in [0.2, 0.25) is 0 Å². The molecular formula is C18H19NO. The highest BCUT2D eigenvalue weighted by atomic mass is 16.5. The van der Waals surface area contributed by atoms with Gasteiger partial charge < -0.3 is 10.1 Å². The van der Waals surface area contributed by atoms with Gasteiger partial charge in [-0.2, -0.15) is 0 Å². The first-order valence-electron chi connectivity index (χ1n) is 7.04. The molecule has 0 aliphatic carbocycles. The fraction of sp³-hybridized carbons (Fsp3) is 0.222. The van der Waals surface area contributed by atoms with Gasteiger partial charge in [0.05, 0.1) is 0 Å². The first kappa shape index (κ1) is 12.9. The van der Waals surface area contributed by atoms with Crippen molar-refractivity contribution in [2.24, 2.45) is 0 Å². The lowest BCUT2D eigenvalue weighted by Crippen LogP contribution is -2.22. The lowest BCUT2D eigenvalue weighted by Gasteiger charge is -2.21. The van der Waals surface area contributed by atoms with E-state index in [1.807, 2.05) is 18.2 Å². The minimum atomic E-state index is 0.340. The first-order valence-corrected chi connectivity index (χ1v) is 7.04. The third-order valence-electron chi connectivity index (χ3n) is 3.70. The number of nitrogens with one attached hydrogen (secondary N) is 1. The molecule has 2 nitrogen and oxygen atoms in total. The van der Waals surface area contributed by atoms with E-state index in [2.05, 4.69) is 54.7 Å². The van der Waals surface area contributed by atoms with E-state index in [9.17, 15) is 0 Å². The van der Waals surface area contributed by atoms with Crippen LogP contribution in [-0.4, -0.2) is 13.2 Å². The summed E-state index contributed by atoms with van der Waals surface area (Å²) in [4.78, 5) is 0. The van der Waals surface area contributed by atoms with Gasteiger partial charge in [-0.25, -0.2) is 0 Å². The van der Waals surface area contributed by atoms with Crippen LogP contribution in [-0.2, 0) is 0 Å². The Hall–Kier alpha value is -2.06. The largest absolute Gasteiger partial charge is 0.489 e. The molecule has 0 radical (unpaired) electrons. The van der Waals surface area contributed by atoms with Gasteiger partial charge in [0.25, 0.3) is 0 Å².